The number of hydrogen-bond acceptors (Lipinski definition) is 10. The Morgan fingerprint density at radius 1 is 1.24 bits per heavy atom. The van der Waals surface area contributed by atoms with Gasteiger partial charge in [-0.05, 0) is 50.6 Å². The van der Waals surface area contributed by atoms with Crippen LogP contribution in [0.25, 0.3) is 5.76 Å². The quantitative estimate of drug-likeness (QED) is 0.198. The molecule has 38 heavy (non-hydrogen) atoms. The molecule has 0 aromatic heterocycles. The molecule has 1 aromatic carbocycles. The van der Waals surface area contributed by atoms with Crippen LogP contribution < -0.4 is 10.5 Å². The summed E-state index contributed by atoms with van der Waals surface area (Å²) in [6, 6.07) is 1.55. The fourth-order valence-electron chi connectivity index (χ4n) is 5.67. The SMILES string of the molecule is CN(C)[C@H]1C(=O)C(C(N)=O)=C(O)[C@]2(O)C(=O)C3=C(O)c4c(O)ccc(C#CCNS(C)(=O)=O)c4C[C@@H]3C[C@H]12. The lowest BCUT2D eigenvalue weighted by Crippen LogP contribution is -2.65. The van der Waals surface area contributed by atoms with Crippen LogP contribution in [0.3, 0.4) is 0 Å². The minimum Gasteiger partial charge on any atom is -0.508 e. The van der Waals surface area contributed by atoms with Crippen LogP contribution in [-0.4, -0.2) is 89.8 Å². The predicted octanol–water partition coefficient (Wildman–Crippen LogP) is -1.14. The molecule has 1 saturated carbocycles. The number of benzene rings is 1. The molecule has 3 aliphatic carbocycles. The molecule has 0 spiro atoms. The first-order valence-corrected chi connectivity index (χ1v) is 13.4. The van der Waals surface area contributed by atoms with Crippen LogP contribution in [-0.2, 0) is 30.8 Å². The number of carbonyl (C=O) groups excluding carboxylic acids is 3. The lowest BCUT2D eigenvalue weighted by molar-refractivity contribution is -0.153. The van der Waals surface area contributed by atoms with E-state index in [9.17, 15) is 43.2 Å². The number of aromatic hydroxyl groups is 1. The summed E-state index contributed by atoms with van der Waals surface area (Å²) < 4.78 is 24.8. The molecule has 1 fully saturated rings. The van der Waals surface area contributed by atoms with Gasteiger partial charge in [0.15, 0.2) is 11.4 Å². The molecule has 4 rings (SSSR count). The van der Waals surface area contributed by atoms with Crippen LogP contribution in [0.2, 0.25) is 0 Å². The molecule has 4 atom stereocenters. The smallest absolute Gasteiger partial charge is 0.255 e. The largest absolute Gasteiger partial charge is 0.508 e. The summed E-state index contributed by atoms with van der Waals surface area (Å²) in [6.07, 6.45) is 1.01. The van der Waals surface area contributed by atoms with E-state index in [1.54, 1.807) is 0 Å². The summed E-state index contributed by atoms with van der Waals surface area (Å²) in [7, 11) is -0.432. The second kappa shape index (κ2) is 9.25. The Kier molecular flexibility index (Phi) is 6.65. The molecule has 0 aliphatic heterocycles. The number of nitrogens with two attached hydrogens (primary N) is 1. The van der Waals surface area contributed by atoms with Gasteiger partial charge < -0.3 is 26.2 Å². The molecule has 0 radical (unpaired) electrons. The number of nitrogens with zero attached hydrogens (tertiary/aromatic N) is 1. The van der Waals surface area contributed by atoms with Crippen molar-refractivity contribution in [1.82, 2.24) is 9.62 Å². The Labute approximate surface area is 218 Å². The average molecular weight is 546 g/mol. The summed E-state index contributed by atoms with van der Waals surface area (Å²) in [5.41, 5.74) is 2.11. The predicted molar refractivity (Wildman–Crippen MR) is 134 cm³/mol. The van der Waals surface area contributed by atoms with E-state index in [-0.39, 0.29) is 36.3 Å². The Bertz CT molecular complexity index is 1510. The van der Waals surface area contributed by atoms with Crippen molar-refractivity contribution in [2.75, 3.05) is 26.9 Å². The minimum absolute atomic E-state index is 0.0517. The normalized spacial score (nSPS) is 26.9. The van der Waals surface area contributed by atoms with Crippen LogP contribution in [0.15, 0.2) is 29.0 Å². The Morgan fingerprint density at radius 2 is 1.89 bits per heavy atom. The second-order valence-corrected chi connectivity index (χ2v) is 11.7. The maximum atomic E-state index is 13.8. The van der Waals surface area contributed by atoms with Crippen molar-refractivity contribution in [2.45, 2.75) is 24.5 Å². The molecule has 3 aliphatic rings. The first-order chi connectivity index (χ1) is 17.6. The number of fused-ring (bicyclic) bond motifs is 3. The van der Waals surface area contributed by atoms with E-state index >= 15 is 0 Å². The zero-order valence-electron chi connectivity index (χ0n) is 20.8. The summed E-state index contributed by atoms with van der Waals surface area (Å²) in [6.45, 7) is -0.182. The molecule has 0 saturated heterocycles. The molecule has 1 amide bonds. The number of sulfonamides is 1. The van der Waals surface area contributed by atoms with Gasteiger partial charge in [-0.25, -0.2) is 13.1 Å². The molecule has 0 bridgehead atoms. The standard InChI is InChI=1S/C25H27N3O9S/c1-28(2)19-14-10-12-9-13-11(5-4-8-27-38(3,36)37)6-7-15(29)17(13)20(30)16(12)22(32)25(14,35)23(33)18(21(19)31)24(26)34/h6-7,12,14,19,27,29-30,33,35H,8-10H2,1-3H3,(H2,26,34)/t12-,14-,19-,25-/m1/s1. The number of aliphatic hydroxyl groups excluding tert-OH is 2. The summed E-state index contributed by atoms with van der Waals surface area (Å²) in [4.78, 5) is 40.3. The summed E-state index contributed by atoms with van der Waals surface area (Å²) in [5, 5.41) is 44.1. The van der Waals surface area contributed by atoms with E-state index < -0.39 is 68.1 Å². The van der Waals surface area contributed by atoms with Gasteiger partial charge >= 0.3 is 0 Å². The van der Waals surface area contributed by atoms with Crippen LogP contribution in [0.4, 0.5) is 0 Å². The molecule has 7 N–H and O–H groups in total. The highest BCUT2D eigenvalue weighted by atomic mass is 32.2. The van der Waals surface area contributed by atoms with Gasteiger partial charge in [0.1, 0.15) is 22.8 Å². The van der Waals surface area contributed by atoms with Crippen molar-refractivity contribution in [3.05, 3.63) is 45.7 Å². The van der Waals surface area contributed by atoms with Crippen molar-refractivity contribution in [3.8, 4) is 17.6 Å². The number of Topliss-reactive ketones (excluding diaryl/α,β-unsaturated/α-hetero) is 2. The number of hydrogen-bond donors (Lipinski definition) is 6. The third-order valence-electron chi connectivity index (χ3n) is 7.25. The fraction of sp³-hybridized carbons (Fsp3) is 0.400. The Balaban J connectivity index is 1.88. The van der Waals surface area contributed by atoms with E-state index in [0.29, 0.717) is 11.1 Å². The maximum Gasteiger partial charge on any atom is 0.255 e. The van der Waals surface area contributed by atoms with Gasteiger partial charge in [-0.1, -0.05) is 11.8 Å². The highest BCUT2D eigenvalue weighted by Gasteiger charge is 2.64. The van der Waals surface area contributed by atoms with Gasteiger partial charge in [0.25, 0.3) is 5.91 Å². The Morgan fingerprint density at radius 3 is 2.47 bits per heavy atom. The Hall–Kier alpha value is -3.70. The van der Waals surface area contributed by atoms with Gasteiger partial charge in [0.05, 0.1) is 24.4 Å². The van der Waals surface area contributed by atoms with Gasteiger partial charge in [0.2, 0.25) is 15.8 Å². The lowest BCUT2D eigenvalue weighted by Gasteiger charge is -2.50. The topological polar surface area (TPSA) is 208 Å². The van der Waals surface area contributed by atoms with Crippen LogP contribution in [0.1, 0.15) is 23.1 Å². The van der Waals surface area contributed by atoms with E-state index in [1.807, 2.05) is 0 Å². The number of likely N-dealkylation sites (N-methyl/N-ethyl adjacent to an activating group) is 1. The summed E-state index contributed by atoms with van der Waals surface area (Å²) in [5.74, 6) is -1.86. The molecule has 0 unspecified atom stereocenters. The number of ketones is 2. The first kappa shape index (κ1) is 27.3. The van der Waals surface area contributed by atoms with Crippen molar-refractivity contribution < 1.29 is 43.2 Å². The van der Waals surface area contributed by atoms with E-state index in [0.717, 1.165) is 6.26 Å². The van der Waals surface area contributed by atoms with Gasteiger partial charge in [0, 0.05) is 17.1 Å². The third-order valence-corrected chi connectivity index (χ3v) is 7.92. The van der Waals surface area contributed by atoms with Crippen LogP contribution in [0, 0.1) is 23.7 Å². The number of amides is 1. The van der Waals surface area contributed by atoms with Crippen molar-refractivity contribution in [3.63, 3.8) is 0 Å². The number of phenolic OH excluding ortho intramolecular Hbond substituents is 1. The molecular weight excluding hydrogens is 518 g/mol. The molecule has 1 aromatic rings. The molecule has 13 heteroatoms. The molecular formula is C25H27N3O9S. The van der Waals surface area contributed by atoms with Gasteiger partial charge in [-0.2, -0.15) is 0 Å². The number of aliphatic hydroxyl groups is 3. The second-order valence-electron chi connectivity index (χ2n) is 9.84. The maximum absolute atomic E-state index is 13.8. The molecule has 12 nitrogen and oxygen atoms in total. The first-order valence-electron chi connectivity index (χ1n) is 11.5. The van der Waals surface area contributed by atoms with Gasteiger partial charge in [-0.15, -0.1) is 0 Å². The van der Waals surface area contributed by atoms with Crippen molar-refractivity contribution >= 4 is 33.3 Å². The van der Waals surface area contributed by atoms with E-state index in [4.69, 9.17) is 5.73 Å². The number of phenols is 1. The van der Waals surface area contributed by atoms with Crippen LogP contribution >= 0.6 is 0 Å². The number of primary amides is 1. The monoisotopic (exact) mass is 545 g/mol. The molecule has 0 heterocycles. The zero-order valence-corrected chi connectivity index (χ0v) is 21.6. The number of nitrogens with one attached hydrogen (secondary N) is 1. The average Bonchev–Trinajstić information content (AvgIpc) is 2.79. The van der Waals surface area contributed by atoms with Gasteiger partial charge in [-0.3, -0.25) is 19.3 Å². The summed E-state index contributed by atoms with van der Waals surface area (Å²) >= 11 is 0. The zero-order chi connectivity index (χ0) is 28.3. The van der Waals surface area contributed by atoms with E-state index in [2.05, 4.69) is 16.6 Å². The lowest BCUT2D eigenvalue weighted by atomic mass is 9.57. The van der Waals surface area contributed by atoms with Crippen LogP contribution in [0.5, 0.6) is 5.75 Å². The highest BCUT2D eigenvalue weighted by molar-refractivity contribution is 7.88. The third kappa shape index (κ3) is 4.15. The van der Waals surface area contributed by atoms with E-state index in [1.165, 1.54) is 31.1 Å². The number of rotatable bonds is 4. The molecule has 202 valence electrons. The fourth-order valence-corrected chi connectivity index (χ4v) is 6.00. The van der Waals surface area contributed by atoms with Crippen molar-refractivity contribution in [1.29, 1.82) is 0 Å². The van der Waals surface area contributed by atoms with Crippen molar-refractivity contribution in [2.24, 2.45) is 17.6 Å². The number of carbonyl (C=O) groups is 3. The minimum atomic E-state index is -3.47. The highest BCUT2D eigenvalue weighted by Crippen LogP contribution is 2.52.